The first-order valence-electron chi connectivity index (χ1n) is 7.43. The summed E-state index contributed by atoms with van der Waals surface area (Å²) in [6.45, 7) is 6.23. The second kappa shape index (κ2) is 5.96. The summed E-state index contributed by atoms with van der Waals surface area (Å²) in [4.78, 5) is 11.8. The summed E-state index contributed by atoms with van der Waals surface area (Å²) in [5, 5.41) is 12.7. The standard InChI is InChI=1S/C17H25NO2/c1-17(2,3)15(19)16(20)18-11-10-13-9-8-12-6-4-5-7-14(12)13/h4-7,13,15,19H,8-11H2,1-3H3,(H,18,20). The van der Waals surface area contributed by atoms with E-state index in [2.05, 4.69) is 29.6 Å². The van der Waals surface area contributed by atoms with E-state index in [0.29, 0.717) is 12.5 Å². The van der Waals surface area contributed by atoms with Crippen molar-refractivity contribution in [3.63, 3.8) is 0 Å². The zero-order valence-electron chi connectivity index (χ0n) is 12.6. The minimum atomic E-state index is -0.946. The van der Waals surface area contributed by atoms with E-state index < -0.39 is 11.5 Å². The van der Waals surface area contributed by atoms with Gasteiger partial charge in [-0.15, -0.1) is 0 Å². The Kier molecular flexibility index (Phi) is 4.48. The number of amides is 1. The van der Waals surface area contributed by atoms with Gasteiger partial charge in [0.15, 0.2) is 0 Å². The Balaban J connectivity index is 1.82. The number of carbonyl (C=O) groups is 1. The van der Waals surface area contributed by atoms with E-state index in [4.69, 9.17) is 0 Å². The van der Waals surface area contributed by atoms with Crippen LogP contribution in [0, 0.1) is 5.41 Å². The lowest BCUT2D eigenvalue weighted by atomic mass is 9.88. The predicted octanol–water partition coefficient (Wildman–Crippen LogP) is 2.63. The van der Waals surface area contributed by atoms with Crippen molar-refractivity contribution in [2.75, 3.05) is 6.54 Å². The summed E-state index contributed by atoms with van der Waals surface area (Å²) in [5.41, 5.74) is 2.46. The Hall–Kier alpha value is -1.35. The van der Waals surface area contributed by atoms with Gasteiger partial charge in [-0.3, -0.25) is 4.79 Å². The number of aryl methyl sites for hydroxylation is 1. The van der Waals surface area contributed by atoms with Crippen LogP contribution in [0.25, 0.3) is 0 Å². The SMILES string of the molecule is CC(C)(C)C(O)C(=O)NCCC1CCc2ccccc21. The fourth-order valence-electron chi connectivity index (χ4n) is 2.80. The molecule has 1 aromatic carbocycles. The molecule has 0 aliphatic heterocycles. The van der Waals surface area contributed by atoms with E-state index in [1.165, 1.54) is 11.1 Å². The van der Waals surface area contributed by atoms with Gasteiger partial charge in [0.2, 0.25) is 5.91 Å². The van der Waals surface area contributed by atoms with Gasteiger partial charge in [0.05, 0.1) is 0 Å². The van der Waals surface area contributed by atoms with Crippen LogP contribution in [0.4, 0.5) is 0 Å². The van der Waals surface area contributed by atoms with E-state index in [9.17, 15) is 9.90 Å². The molecule has 0 saturated heterocycles. The van der Waals surface area contributed by atoms with Crippen LogP contribution in [0.5, 0.6) is 0 Å². The van der Waals surface area contributed by atoms with Crippen molar-refractivity contribution in [2.45, 2.75) is 52.1 Å². The van der Waals surface area contributed by atoms with Crippen LogP contribution in [0.15, 0.2) is 24.3 Å². The molecular formula is C17H25NO2. The lowest BCUT2D eigenvalue weighted by molar-refractivity contribution is -0.134. The fourth-order valence-corrected chi connectivity index (χ4v) is 2.80. The molecule has 0 aromatic heterocycles. The molecule has 1 aliphatic carbocycles. The number of aliphatic hydroxyl groups is 1. The van der Waals surface area contributed by atoms with Crippen LogP contribution < -0.4 is 5.32 Å². The van der Waals surface area contributed by atoms with Crippen LogP contribution in [-0.4, -0.2) is 23.7 Å². The van der Waals surface area contributed by atoms with Crippen LogP contribution in [0.3, 0.4) is 0 Å². The molecule has 0 radical (unpaired) electrons. The highest BCUT2D eigenvalue weighted by molar-refractivity contribution is 5.81. The molecule has 2 unspecified atom stereocenters. The highest BCUT2D eigenvalue weighted by Gasteiger charge is 2.29. The second-order valence-electron chi connectivity index (χ2n) is 6.78. The smallest absolute Gasteiger partial charge is 0.249 e. The average Bonchev–Trinajstić information content (AvgIpc) is 2.80. The summed E-state index contributed by atoms with van der Waals surface area (Å²) in [6, 6.07) is 8.55. The molecule has 2 atom stereocenters. The summed E-state index contributed by atoms with van der Waals surface area (Å²) < 4.78 is 0. The topological polar surface area (TPSA) is 49.3 Å². The largest absolute Gasteiger partial charge is 0.383 e. The number of nitrogens with one attached hydrogen (secondary N) is 1. The van der Waals surface area contributed by atoms with Crippen molar-refractivity contribution in [1.82, 2.24) is 5.32 Å². The Morgan fingerprint density at radius 2 is 2.10 bits per heavy atom. The van der Waals surface area contributed by atoms with E-state index in [1.807, 2.05) is 20.8 Å². The molecule has 0 fully saturated rings. The molecule has 0 spiro atoms. The highest BCUT2D eigenvalue weighted by Crippen LogP contribution is 2.34. The number of benzene rings is 1. The molecule has 1 aliphatic rings. The van der Waals surface area contributed by atoms with Crippen molar-refractivity contribution >= 4 is 5.91 Å². The van der Waals surface area contributed by atoms with Crippen molar-refractivity contribution in [2.24, 2.45) is 5.41 Å². The number of hydrogen-bond donors (Lipinski definition) is 2. The minimum absolute atomic E-state index is 0.260. The molecule has 0 heterocycles. The molecule has 0 bridgehead atoms. The van der Waals surface area contributed by atoms with Gasteiger partial charge in [-0.05, 0) is 41.7 Å². The monoisotopic (exact) mass is 275 g/mol. The third-order valence-electron chi connectivity index (χ3n) is 4.12. The summed E-state index contributed by atoms with van der Waals surface area (Å²) in [7, 11) is 0. The van der Waals surface area contributed by atoms with E-state index in [-0.39, 0.29) is 5.91 Å². The molecule has 20 heavy (non-hydrogen) atoms. The molecule has 3 nitrogen and oxygen atoms in total. The van der Waals surface area contributed by atoms with Crippen LogP contribution in [0.2, 0.25) is 0 Å². The highest BCUT2D eigenvalue weighted by atomic mass is 16.3. The number of aliphatic hydroxyl groups excluding tert-OH is 1. The van der Waals surface area contributed by atoms with Crippen molar-refractivity contribution in [3.05, 3.63) is 35.4 Å². The first-order chi connectivity index (χ1) is 9.39. The predicted molar refractivity (Wildman–Crippen MR) is 80.6 cm³/mol. The number of hydrogen-bond acceptors (Lipinski definition) is 2. The Morgan fingerprint density at radius 1 is 1.40 bits per heavy atom. The third kappa shape index (κ3) is 3.40. The van der Waals surface area contributed by atoms with Crippen LogP contribution in [0.1, 0.15) is 50.7 Å². The number of fused-ring (bicyclic) bond motifs is 1. The van der Waals surface area contributed by atoms with Crippen molar-refractivity contribution < 1.29 is 9.90 Å². The van der Waals surface area contributed by atoms with Gasteiger partial charge in [-0.1, -0.05) is 45.0 Å². The third-order valence-corrected chi connectivity index (χ3v) is 4.12. The number of carbonyl (C=O) groups excluding carboxylic acids is 1. The second-order valence-corrected chi connectivity index (χ2v) is 6.78. The zero-order valence-corrected chi connectivity index (χ0v) is 12.6. The van der Waals surface area contributed by atoms with E-state index in [1.54, 1.807) is 0 Å². The quantitative estimate of drug-likeness (QED) is 0.887. The lowest BCUT2D eigenvalue weighted by Gasteiger charge is -2.25. The van der Waals surface area contributed by atoms with Crippen molar-refractivity contribution in [3.8, 4) is 0 Å². The van der Waals surface area contributed by atoms with E-state index in [0.717, 1.165) is 19.3 Å². The van der Waals surface area contributed by atoms with E-state index >= 15 is 0 Å². The Morgan fingerprint density at radius 3 is 2.80 bits per heavy atom. The molecule has 110 valence electrons. The first-order valence-corrected chi connectivity index (χ1v) is 7.43. The summed E-state index contributed by atoms with van der Waals surface area (Å²) in [5.74, 6) is 0.280. The zero-order chi connectivity index (χ0) is 14.8. The number of rotatable bonds is 4. The molecule has 3 heteroatoms. The van der Waals surface area contributed by atoms with Gasteiger partial charge >= 0.3 is 0 Å². The molecule has 0 saturated carbocycles. The molecule has 1 aromatic rings. The van der Waals surface area contributed by atoms with Gasteiger partial charge in [0, 0.05) is 6.54 Å². The molecule has 2 N–H and O–H groups in total. The average molecular weight is 275 g/mol. The molecular weight excluding hydrogens is 250 g/mol. The molecule has 1 amide bonds. The normalized spacial score (nSPS) is 19.5. The van der Waals surface area contributed by atoms with Gasteiger partial charge in [0.1, 0.15) is 6.10 Å². The summed E-state index contributed by atoms with van der Waals surface area (Å²) in [6.07, 6.45) is 2.30. The Bertz CT molecular complexity index is 476. The first kappa shape index (κ1) is 15.0. The van der Waals surface area contributed by atoms with Crippen LogP contribution in [-0.2, 0) is 11.2 Å². The Labute approximate surface area is 121 Å². The lowest BCUT2D eigenvalue weighted by Crippen LogP contribution is -2.42. The van der Waals surface area contributed by atoms with Gasteiger partial charge < -0.3 is 10.4 Å². The van der Waals surface area contributed by atoms with Crippen LogP contribution >= 0.6 is 0 Å². The molecule has 2 rings (SSSR count). The van der Waals surface area contributed by atoms with Gasteiger partial charge in [0.25, 0.3) is 0 Å². The minimum Gasteiger partial charge on any atom is -0.383 e. The van der Waals surface area contributed by atoms with Crippen molar-refractivity contribution in [1.29, 1.82) is 0 Å². The van der Waals surface area contributed by atoms with Gasteiger partial charge in [-0.25, -0.2) is 0 Å². The maximum Gasteiger partial charge on any atom is 0.249 e. The summed E-state index contributed by atoms with van der Waals surface area (Å²) >= 11 is 0. The maximum absolute atomic E-state index is 11.8. The fraction of sp³-hybridized carbons (Fsp3) is 0.588. The van der Waals surface area contributed by atoms with Gasteiger partial charge in [-0.2, -0.15) is 0 Å². The maximum atomic E-state index is 11.8.